The summed E-state index contributed by atoms with van der Waals surface area (Å²) >= 11 is 17.0. The normalized spacial score (nSPS) is 12.1. The van der Waals surface area contributed by atoms with Crippen molar-refractivity contribution in [2.45, 2.75) is 19.9 Å². The monoisotopic (exact) mass is 442 g/mol. The van der Waals surface area contributed by atoms with E-state index in [1.165, 1.54) is 11.3 Å². The van der Waals surface area contributed by atoms with Crippen LogP contribution in [0.5, 0.6) is 0 Å². The van der Waals surface area contributed by atoms with Gasteiger partial charge in [-0.1, -0.05) is 57.4 Å². The fourth-order valence-electron chi connectivity index (χ4n) is 2.38. The Kier molecular flexibility index (Phi) is 5.45. The van der Waals surface area contributed by atoms with Gasteiger partial charge in [0, 0.05) is 16.0 Å². The molecule has 1 aromatic heterocycles. The maximum atomic E-state index is 12.5. The smallest absolute Gasteiger partial charge is 0.281 e. The Bertz CT molecular complexity index is 994. The zero-order chi connectivity index (χ0) is 17.3. The first-order valence-corrected chi connectivity index (χ1v) is 9.69. The average Bonchev–Trinajstić information content (AvgIpc) is 2.84. The van der Waals surface area contributed by atoms with Gasteiger partial charge in [0.05, 0.1) is 20.8 Å². The molecule has 1 amide bonds. The van der Waals surface area contributed by atoms with Gasteiger partial charge < -0.3 is 4.57 Å². The predicted octanol–water partition coefficient (Wildman–Crippen LogP) is 5.92. The van der Waals surface area contributed by atoms with Crippen LogP contribution in [0.1, 0.15) is 23.7 Å². The Hall–Kier alpha value is -1.14. The van der Waals surface area contributed by atoms with Gasteiger partial charge in [0.1, 0.15) is 0 Å². The lowest BCUT2D eigenvalue weighted by Gasteiger charge is -2.03. The van der Waals surface area contributed by atoms with Gasteiger partial charge in [-0.2, -0.15) is 4.99 Å². The first-order chi connectivity index (χ1) is 11.5. The van der Waals surface area contributed by atoms with E-state index in [1.54, 1.807) is 18.2 Å². The van der Waals surface area contributed by atoms with Crippen molar-refractivity contribution in [1.82, 2.24) is 4.57 Å². The van der Waals surface area contributed by atoms with Crippen molar-refractivity contribution in [2.24, 2.45) is 4.99 Å². The fraction of sp³-hybridized carbons (Fsp3) is 0.176. The van der Waals surface area contributed by atoms with E-state index in [0.29, 0.717) is 20.4 Å². The van der Waals surface area contributed by atoms with Crippen LogP contribution in [0.3, 0.4) is 0 Å². The van der Waals surface area contributed by atoms with E-state index < -0.39 is 0 Å². The van der Waals surface area contributed by atoms with E-state index in [0.717, 1.165) is 27.7 Å². The number of rotatable bonds is 3. The van der Waals surface area contributed by atoms with E-state index in [2.05, 4.69) is 32.4 Å². The number of carbonyl (C=O) groups excluding carboxylic acids is 1. The summed E-state index contributed by atoms with van der Waals surface area (Å²) in [5.74, 6) is -0.368. The molecule has 2 aromatic carbocycles. The van der Waals surface area contributed by atoms with Crippen molar-refractivity contribution in [3.63, 3.8) is 0 Å². The lowest BCUT2D eigenvalue weighted by molar-refractivity contribution is 0.0998. The molecule has 0 unspecified atom stereocenters. The van der Waals surface area contributed by atoms with E-state index in [4.69, 9.17) is 23.2 Å². The van der Waals surface area contributed by atoms with E-state index in [-0.39, 0.29) is 5.91 Å². The van der Waals surface area contributed by atoms with Gasteiger partial charge in [0.15, 0.2) is 4.80 Å². The minimum atomic E-state index is -0.368. The van der Waals surface area contributed by atoms with Gasteiger partial charge in [0.2, 0.25) is 0 Å². The summed E-state index contributed by atoms with van der Waals surface area (Å²) in [5, 5.41) is 0.798. The van der Waals surface area contributed by atoms with E-state index in [1.807, 2.05) is 18.2 Å². The molecule has 3 aromatic rings. The SMILES string of the molecule is CCCn1c(=NC(=O)c2ccc(Cl)cc2Cl)sc2cc(Br)ccc21. The Balaban J connectivity index is 2.14. The number of benzene rings is 2. The number of halogens is 3. The third kappa shape index (κ3) is 3.59. The molecule has 0 bridgehead atoms. The molecular formula is C17H13BrCl2N2OS. The highest BCUT2D eigenvalue weighted by molar-refractivity contribution is 9.10. The highest BCUT2D eigenvalue weighted by Gasteiger charge is 2.12. The van der Waals surface area contributed by atoms with Crippen LogP contribution in [0.15, 0.2) is 45.9 Å². The molecule has 0 aliphatic carbocycles. The van der Waals surface area contributed by atoms with Crippen molar-refractivity contribution < 1.29 is 4.79 Å². The first-order valence-electron chi connectivity index (χ1n) is 7.32. The zero-order valence-electron chi connectivity index (χ0n) is 12.7. The predicted molar refractivity (Wildman–Crippen MR) is 104 cm³/mol. The highest BCUT2D eigenvalue weighted by Crippen LogP contribution is 2.24. The molecule has 0 fully saturated rings. The van der Waals surface area contributed by atoms with E-state index >= 15 is 0 Å². The number of hydrogen-bond acceptors (Lipinski definition) is 2. The van der Waals surface area contributed by atoms with Gasteiger partial charge in [-0.05, 0) is 42.8 Å². The van der Waals surface area contributed by atoms with Gasteiger partial charge in [-0.15, -0.1) is 0 Å². The molecule has 3 nitrogen and oxygen atoms in total. The first kappa shape index (κ1) is 17.7. The summed E-state index contributed by atoms with van der Waals surface area (Å²) in [6.45, 7) is 2.89. The summed E-state index contributed by atoms with van der Waals surface area (Å²) < 4.78 is 4.14. The van der Waals surface area contributed by atoms with Crippen molar-refractivity contribution in [3.8, 4) is 0 Å². The van der Waals surface area contributed by atoms with Crippen molar-refractivity contribution in [3.05, 3.63) is 61.3 Å². The Labute approximate surface area is 161 Å². The summed E-state index contributed by atoms with van der Waals surface area (Å²) in [6, 6.07) is 10.8. The van der Waals surface area contributed by atoms with Crippen molar-refractivity contribution in [1.29, 1.82) is 0 Å². The third-order valence-corrected chi connectivity index (χ3v) is 5.53. The molecular weight excluding hydrogens is 431 g/mol. The van der Waals surface area contributed by atoms with Gasteiger partial charge in [0.25, 0.3) is 5.91 Å². The molecule has 24 heavy (non-hydrogen) atoms. The Morgan fingerprint density at radius 3 is 2.75 bits per heavy atom. The molecule has 1 heterocycles. The van der Waals surface area contributed by atoms with Crippen LogP contribution in [-0.2, 0) is 6.54 Å². The molecule has 0 radical (unpaired) electrons. The molecule has 0 spiro atoms. The largest absolute Gasteiger partial charge is 0.316 e. The summed E-state index contributed by atoms with van der Waals surface area (Å²) in [5.41, 5.74) is 1.42. The Morgan fingerprint density at radius 2 is 2.04 bits per heavy atom. The summed E-state index contributed by atoms with van der Waals surface area (Å²) in [6.07, 6.45) is 0.949. The van der Waals surface area contributed by atoms with Crippen molar-refractivity contribution in [2.75, 3.05) is 0 Å². The second-order valence-corrected chi connectivity index (χ2v) is 7.96. The molecule has 0 atom stereocenters. The van der Waals surface area contributed by atoms with Crippen LogP contribution in [0.25, 0.3) is 10.2 Å². The van der Waals surface area contributed by atoms with Crippen molar-refractivity contribution >= 4 is 66.6 Å². The molecule has 0 N–H and O–H groups in total. The topological polar surface area (TPSA) is 34.4 Å². The molecule has 7 heteroatoms. The lowest BCUT2D eigenvalue weighted by Crippen LogP contribution is -2.17. The van der Waals surface area contributed by atoms with Crippen LogP contribution < -0.4 is 4.80 Å². The number of thiazole rings is 1. The second-order valence-electron chi connectivity index (χ2n) is 5.19. The molecule has 0 aliphatic heterocycles. The number of aromatic nitrogens is 1. The van der Waals surface area contributed by atoms with E-state index in [9.17, 15) is 4.79 Å². The highest BCUT2D eigenvalue weighted by atomic mass is 79.9. The van der Waals surface area contributed by atoms with Crippen LogP contribution >= 0.6 is 50.5 Å². The molecule has 3 rings (SSSR count). The van der Waals surface area contributed by atoms with Gasteiger partial charge in [-0.25, -0.2) is 0 Å². The van der Waals surface area contributed by atoms with Crippen LogP contribution in [0.4, 0.5) is 0 Å². The number of aryl methyl sites for hydroxylation is 1. The maximum absolute atomic E-state index is 12.5. The molecule has 0 saturated heterocycles. The minimum absolute atomic E-state index is 0.308. The molecule has 124 valence electrons. The van der Waals surface area contributed by atoms with Crippen LogP contribution in [0.2, 0.25) is 10.0 Å². The number of amides is 1. The van der Waals surface area contributed by atoms with Gasteiger partial charge >= 0.3 is 0 Å². The number of carbonyl (C=O) groups is 1. The van der Waals surface area contributed by atoms with Gasteiger partial charge in [-0.3, -0.25) is 4.79 Å². The number of nitrogens with zero attached hydrogens (tertiary/aromatic N) is 2. The second kappa shape index (κ2) is 7.40. The van der Waals surface area contributed by atoms with Crippen LogP contribution in [-0.4, -0.2) is 10.5 Å². The number of fused-ring (bicyclic) bond motifs is 1. The Morgan fingerprint density at radius 1 is 1.25 bits per heavy atom. The average molecular weight is 444 g/mol. The zero-order valence-corrected chi connectivity index (χ0v) is 16.6. The lowest BCUT2D eigenvalue weighted by atomic mass is 10.2. The molecule has 0 saturated carbocycles. The standard InChI is InChI=1S/C17H13BrCl2N2OS/c1-2-7-22-14-6-3-10(18)8-15(14)24-17(22)21-16(23)12-5-4-11(19)9-13(12)20/h3-6,8-9H,2,7H2,1H3. The summed E-state index contributed by atoms with van der Waals surface area (Å²) in [4.78, 5) is 17.5. The molecule has 0 aliphatic rings. The fourth-order valence-corrected chi connectivity index (χ4v) is 4.48. The quantitative estimate of drug-likeness (QED) is 0.494. The van der Waals surface area contributed by atoms with Crippen LogP contribution in [0, 0.1) is 0 Å². The minimum Gasteiger partial charge on any atom is -0.316 e. The number of hydrogen-bond donors (Lipinski definition) is 0. The summed E-state index contributed by atoms with van der Waals surface area (Å²) in [7, 11) is 0. The maximum Gasteiger partial charge on any atom is 0.281 e. The third-order valence-electron chi connectivity index (χ3n) is 3.45.